The summed E-state index contributed by atoms with van der Waals surface area (Å²) in [6, 6.07) is 10.2. The summed E-state index contributed by atoms with van der Waals surface area (Å²) in [5.74, 6) is 0.764. The highest BCUT2D eigenvalue weighted by atomic mass is 35.5. The Morgan fingerprint density at radius 3 is 2.69 bits per heavy atom. The summed E-state index contributed by atoms with van der Waals surface area (Å²) in [5, 5.41) is 0.875. The fraction of sp³-hybridized carbons (Fsp3) is 0.250. The van der Waals surface area contributed by atoms with Gasteiger partial charge in [0.2, 0.25) is 5.89 Å². The lowest BCUT2D eigenvalue weighted by Gasteiger charge is -2.11. The monoisotopic (exact) mass is 453 g/mol. The van der Waals surface area contributed by atoms with Crippen molar-refractivity contribution in [1.82, 2.24) is 4.98 Å². The number of oxazole rings is 1. The summed E-state index contributed by atoms with van der Waals surface area (Å²) in [7, 11) is -3.52. The molecule has 1 aromatic heterocycles. The van der Waals surface area contributed by atoms with Crippen LogP contribution < -0.4 is 9.47 Å². The number of fused-ring (bicyclic) bond motifs is 1. The number of halogens is 2. The van der Waals surface area contributed by atoms with Crippen molar-refractivity contribution in [1.29, 1.82) is 0 Å². The molecular weight excluding hydrogens is 437 g/mol. The highest BCUT2D eigenvalue weighted by Gasteiger charge is 2.21. The SMILES string of the molecule is O=S(=O)(Cc1cc(Cl)c2c(c1)OCCCO2)Cc1coc(-c2cccc(Cl)c2)n1. The van der Waals surface area contributed by atoms with Gasteiger partial charge in [0.25, 0.3) is 0 Å². The Balaban J connectivity index is 1.51. The van der Waals surface area contributed by atoms with Crippen molar-refractivity contribution in [2.24, 2.45) is 0 Å². The Labute approximate surface area is 178 Å². The van der Waals surface area contributed by atoms with Crippen LogP contribution in [0.25, 0.3) is 11.5 Å². The molecule has 0 N–H and O–H groups in total. The van der Waals surface area contributed by atoms with Gasteiger partial charge in [-0.15, -0.1) is 0 Å². The molecule has 1 aliphatic rings. The number of aromatic nitrogens is 1. The summed E-state index contributed by atoms with van der Waals surface area (Å²) in [4.78, 5) is 4.27. The molecule has 0 radical (unpaired) electrons. The molecule has 0 saturated heterocycles. The molecule has 0 fully saturated rings. The molecule has 0 bridgehead atoms. The average Bonchev–Trinajstić information content (AvgIpc) is 2.97. The van der Waals surface area contributed by atoms with Gasteiger partial charge in [-0.05, 0) is 35.9 Å². The van der Waals surface area contributed by atoms with Gasteiger partial charge >= 0.3 is 0 Å². The first kappa shape index (κ1) is 20.1. The Hall–Kier alpha value is -2.22. The van der Waals surface area contributed by atoms with Crippen molar-refractivity contribution >= 4 is 33.0 Å². The second kappa shape index (κ2) is 8.26. The van der Waals surface area contributed by atoms with Gasteiger partial charge < -0.3 is 13.9 Å². The first-order chi connectivity index (χ1) is 13.9. The van der Waals surface area contributed by atoms with Crippen LogP contribution in [0.15, 0.2) is 47.1 Å². The molecule has 6 nitrogen and oxygen atoms in total. The highest BCUT2D eigenvalue weighted by molar-refractivity contribution is 7.89. The molecule has 0 spiro atoms. The smallest absolute Gasteiger partial charge is 0.226 e. The van der Waals surface area contributed by atoms with Gasteiger partial charge in [-0.2, -0.15) is 0 Å². The van der Waals surface area contributed by atoms with Gasteiger partial charge in [-0.25, -0.2) is 13.4 Å². The number of benzene rings is 2. The number of ether oxygens (including phenoxy) is 2. The third-order valence-corrected chi connectivity index (χ3v) is 6.26. The minimum Gasteiger partial charge on any atom is -0.489 e. The molecule has 0 saturated carbocycles. The van der Waals surface area contributed by atoms with E-state index in [4.69, 9.17) is 37.1 Å². The molecule has 0 unspecified atom stereocenters. The van der Waals surface area contributed by atoms with E-state index in [-0.39, 0.29) is 11.5 Å². The standard InChI is InChI=1S/C20H17Cl2NO5S/c21-15-4-1-3-14(9-15)20-23-16(10-28-20)12-29(24,25)11-13-7-17(22)19-18(8-13)26-5-2-6-27-19/h1,3-4,7-10H,2,5-6,11-12H2. The Morgan fingerprint density at radius 1 is 1.03 bits per heavy atom. The quantitative estimate of drug-likeness (QED) is 0.544. The predicted molar refractivity (Wildman–Crippen MR) is 110 cm³/mol. The first-order valence-electron chi connectivity index (χ1n) is 8.88. The maximum absolute atomic E-state index is 12.7. The molecule has 152 valence electrons. The minimum atomic E-state index is -3.52. The lowest BCUT2D eigenvalue weighted by Crippen LogP contribution is -2.08. The van der Waals surface area contributed by atoms with Crippen LogP contribution >= 0.6 is 23.2 Å². The number of sulfone groups is 1. The van der Waals surface area contributed by atoms with Crippen LogP contribution in [0.1, 0.15) is 17.7 Å². The lowest BCUT2D eigenvalue weighted by molar-refractivity contribution is 0.297. The second-order valence-electron chi connectivity index (χ2n) is 6.64. The van der Waals surface area contributed by atoms with E-state index < -0.39 is 9.84 Å². The normalized spacial score (nSPS) is 13.9. The number of rotatable bonds is 5. The summed E-state index contributed by atoms with van der Waals surface area (Å²) in [6.45, 7) is 0.996. The van der Waals surface area contributed by atoms with E-state index in [9.17, 15) is 8.42 Å². The van der Waals surface area contributed by atoms with Crippen LogP contribution in [-0.4, -0.2) is 26.6 Å². The van der Waals surface area contributed by atoms with Crippen LogP contribution in [0.5, 0.6) is 11.5 Å². The molecule has 0 aliphatic carbocycles. The maximum atomic E-state index is 12.7. The zero-order chi connectivity index (χ0) is 20.4. The van der Waals surface area contributed by atoms with Crippen molar-refractivity contribution in [2.45, 2.75) is 17.9 Å². The molecule has 2 aromatic carbocycles. The number of hydrogen-bond donors (Lipinski definition) is 0. The third kappa shape index (κ3) is 4.86. The number of hydrogen-bond acceptors (Lipinski definition) is 6. The van der Waals surface area contributed by atoms with Gasteiger partial charge in [0.05, 0.1) is 35.4 Å². The van der Waals surface area contributed by atoms with Crippen LogP contribution in [0.2, 0.25) is 10.0 Å². The fourth-order valence-electron chi connectivity index (χ4n) is 3.03. The summed E-state index contributed by atoms with van der Waals surface area (Å²) >= 11 is 12.2. The summed E-state index contributed by atoms with van der Waals surface area (Å²) in [6.07, 6.45) is 2.08. The molecule has 3 aromatic rings. The Morgan fingerprint density at radius 2 is 1.86 bits per heavy atom. The van der Waals surface area contributed by atoms with Crippen molar-refractivity contribution in [3.63, 3.8) is 0 Å². The van der Waals surface area contributed by atoms with Gasteiger partial charge in [-0.1, -0.05) is 29.3 Å². The summed E-state index contributed by atoms with van der Waals surface area (Å²) in [5.41, 5.74) is 1.52. The van der Waals surface area contributed by atoms with Crippen LogP contribution in [-0.2, 0) is 21.3 Å². The molecule has 2 heterocycles. The summed E-state index contributed by atoms with van der Waals surface area (Å²) < 4.78 is 42.0. The van der Waals surface area contributed by atoms with Gasteiger partial charge in [0.15, 0.2) is 21.3 Å². The van der Waals surface area contributed by atoms with Crippen molar-refractivity contribution in [2.75, 3.05) is 13.2 Å². The predicted octanol–water partition coefficient (Wildman–Crippen LogP) is 4.92. The molecule has 0 amide bonds. The van der Waals surface area contributed by atoms with Crippen molar-refractivity contribution in [3.05, 3.63) is 64.0 Å². The van der Waals surface area contributed by atoms with E-state index in [1.165, 1.54) is 6.26 Å². The first-order valence-corrected chi connectivity index (χ1v) is 11.5. The average molecular weight is 454 g/mol. The molecule has 4 rings (SSSR count). The third-order valence-electron chi connectivity index (χ3n) is 4.24. The van der Waals surface area contributed by atoms with E-state index in [0.717, 1.165) is 6.42 Å². The second-order valence-corrected chi connectivity index (χ2v) is 9.55. The van der Waals surface area contributed by atoms with Gasteiger partial charge in [0.1, 0.15) is 6.26 Å². The maximum Gasteiger partial charge on any atom is 0.226 e. The van der Waals surface area contributed by atoms with Crippen LogP contribution in [0.3, 0.4) is 0 Å². The Bertz CT molecular complexity index is 1140. The topological polar surface area (TPSA) is 78.6 Å². The zero-order valence-electron chi connectivity index (χ0n) is 15.2. The zero-order valence-corrected chi connectivity index (χ0v) is 17.6. The largest absolute Gasteiger partial charge is 0.489 e. The van der Waals surface area contributed by atoms with Crippen LogP contribution in [0, 0.1) is 0 Å². The lowest BCUT2D eigenvalue weighted by atomic mass is 10.2. The van der Waals surface area contributed by atoms with E-state index >= 15 is 0 Å². The van der Waals surface area contributed by atoms with E-state index in [0.29, 0.717) is 57.5 Å². The highest BCUT2D eigenvalue weighted by Crippen LogP contribution is 2.38. The van der Waals surface area contributed by atoms with E-state index in [1.807, 2.05) is 0 Å². The van der Waals surface area contributed by atoms with Gasteiger partial charge in [-0.3, -0.25) is 0 Å². The molecule has 0 atom stereocenters. The van der Waals surface area contributed by atoms with E-state index in [1.54, 1.807) is 36.4 Å². The van der Waals surface area contributed by atoms with Crippen molar-refractivity contribution in [3.8, 4) is 23.0 Å². The van der Waals surface area contributed by atoms with Crippen LogP contribution in [0.4, 0.5) is 0 Å². The Kier molecular flexibility index (Phi) is 5.72. The molecular formula is C20H17Cl2NO5S. The van der Waals surface area contributed by atoms with Crippen molar-refractivity contribution < 1.29 is 22.3 Å². The molecule has 29 heavy (non-hydrogen) atoms. The minimum absolute atomic E-state index is 0.206. The number of nitrogens with zero attached hydrogens (tertiary/aromatic N) is 1. The molecule has 9 heteroatoms. The van der Waals surface area contributed by atoms with Gasteiger partial charge in [0, 0.05) is 17.0 Å². The molecule has 1 aliphatic heterocycles. The fourth-order valence-corrected chi connectivity index (χ4v) is 4.86. The van der Waals surface area contributed by atoms with E-state index in [2.05, 4.69) is 4.98 Å².